The number of likely N-dealkylation sites (tertiary alicyclic amines) is 1. The van der Waals surface area contributed by atoms with Gasteiger partial charge in [0.1, 0.15) is 0 Å². The molecule has 1 fully saturated rings. The third-order valence-corrected chi connectivity index (χ3v) is 4.00. The molecular formula is C15H23NO2. The van der Waals surface area contributed by atoms with Gasteiger partial charge in [0.15, 0.2) is 0 Å². The minimum absolute atomic E-state index is 0.260. The van der Waals surface area contributed by atoms with Gasteiger partial charge in [-0.15, -0.1) is 0 Å². The summed E-state index contributed by atoms with van der Waals surface area (Å²) in [6, 6.07) is 9.69. The molecule has 0 spiro atoms. The molecule has 100 valence electrons. The van der Waals surface area contributed by atoms with Crippen LogP contribution in [0.15, 0.2) is 30.3 Å². The van der Waals surface area contributed by atoms with Crippen LogP contribution in [0.25, 0.3) is 0 Å². The molecule has 1 heterocycles. The Kier molecular flexibility index (Phi) is 3.49. The van der Waals surface area contributed by atoms with Gasteiger partial charge in [-0.25, -0.2) is 0 Å². The molecule has 1 aromatic carbocycles. The lowest BCUT2D eigenvalue weighted by Gasteiger charge is -2.51. The molecule has 1 aromatic rings. The highest BCUT2D eigenvalue weighted by Crippen LogP contribution is 2.31. The molecule has 2 N–H and O–H groups in total. The Morgan fingerprint density at radius 2 is 1.83 bits per heavy atom. The first-order valence-corrected chi connectivity index (χ1v) is 6.56. The Morgan fingerprint density at radius 3 is 2.33 bits per heavy atom. The van der Waals surface area contributed by atoms with Crippen molar-refractivity contribution in [3.05, 3.63) is 35.9 Å². The summed E-state index contributed by atoms with van der Waals surface area (Å²) in [4.78, 5) is 2.10. The van der Waals surface area contributed by atoms with Gasteiger partial charge in [-0.2, -0.15) is 0 Å². The summed E-state index contributed by atoms with van der Waals surface area (Å²) >= 11 is 0. The van der Waals surface area contributed by atoms with E-state index in [-0.39, 0.29) is 5.92 Å². The Balaban J connectivity index is 1.96. The predicted octanol–water partition coefficient (Wildman–Crippen LogP) is 1.60. The molecule has 0 saturated carbocycles. The maximum absolute atomic E-state index is 10.5. The first kappa shape index (κ1) is 13.5. The number of nitrogens with zero attached hydrogens (tertiary/aromatic N) is 1. The summed E-state index contributed by atoms with van der Waals surface area (Å²) in [7, 11) is 0. The summed E-state index contributed by atoms with van der Waals surface area (Å²) in [6.07, 6.45) is 0. The van der Waals surface area contributed by atoms with Crippen LogP contribution in [0.4, 0.5) is 0 Å². The van der Waals surface area contributed by atoms with Gasteiger partial charge >= 0.3 is 0 Å². The number of hydrogen-bond donors (Lipinski definition) is 2. The Hall–Kier alpha value is -0.900. The van der Waals surface area contributed by atoms with E-state index in [1.165, 1.54) is 0 Å². The normalized spacial score (nSPS) is 22.6. The van der Waals surface area contributed by atoms with Crippen LogP contribution in [0, 0.1) is 5.92 Å². The highest BCUT2D eigenvalue weighted by Gasteiger charge is 2.45. The lowest BCUT2D eigenvalue weighted by Crippen LogP contribution is -2.66. The highest BCUT2D eigenvalue weighted by atomic mass is 16.3. The van der Waals surface area contributed by atoms with Crippen LogP contribution < -0.4 is 0 Å². The average molecular weight is 249 g/mol. The third kappa shape index (κ3) is 2.58. The summed E-state index contributed by atoms with van der Waals surface area (Å²) in [6.45, 7) is 7.75. The number of aliphatic hydroxyl groups is 2. The lowest BCUT2D eigenvalue weighted by molar-refractivity contribution is -0.147. The van der Waals surface area contributed by atoms with Crippen molar-refractivity contribution in [3.63, 3.8) is 0 Å². The Morgan fingerprint density at radius 1 is 1.28 bits per heavy atom. The van der Waals surface area contributed by atoms with Crippen molar-refractivity contribution >= 4 is 0 Å². The molecular weight excluding hydrogens is 226 g/mol. The zero-order valence-corrected chi connectivity index (χ0v) is 11.4. The molecule has 18 heavy (non-hydrogen) atoms. The number of benzene rings is 1. The Labute approximate surface area is 109 Å². The fourth-order valence-electron chi connectivity index (χ4n) is 2.53. The van der Waals surface area contributed by atoms with Gasteiger partial charge in [0.05, 0.1) is 11.2 Å². The average Bonchev–Trinajstić information content (AvgIpc) is 2.27. The van der Waals surface area contributed by atoms with Crippen LogP contribution >= 0.6 is 0 Å². The van der Waals surface area contributed by atoms with E-state index in [0.29, 0.717) is 19.6 Å². The molecule has 0 radical (unpaired) electrons. The van der Waals surface area contributed by atoms with Crippen LogP contribution in [0.1, 0.15) is 26.3 Å². The zero-order chi connectivity index (χ0) is 13.4. The summed E-state index contributed by atoms with van der Waals surface area (Å²) < 4.78 is 0. The van der Waals surface area contributed by atoms with Gasteiger partial charge in [0.2, 0.25) is 0 Å². The van der Waals surface area contributed by atoms with Crippen LogP contribution in [0.3, 0.4) is 0 Å². The molecule has 2 rings (SSSR count). The summed E-state index contributed by atoms with van der Waals surface area (Å²) in [5.41, 5.74) is -0.517. The van der Waals surface area contributed by atoms with Crippen LogP contribution in [0.2, 0.25) is 0 Å². The van der Waals surface area contributed by atoms with Crippen molar-refractivity contribution in [2.24, 2.45) is 5.92 Å². The Bertz CT molecular complexity index is 394. The van der Waals surface area contributed by atoms with Crippen molar-refractivity contribution in [2.75, 3.05) is 19.6 Å². The van der Waals surface area contributed by atoms with E-state index >= 15 is 0 Å². The van der Waals surface area contributed by atoms with Gasteiger partial charge in [-0.3, -0.25) is 4.90 Å². The van der Waals surface area contributed by atoms with Gasteiger partial charge in [-0.1, -0.05) is 44.2 Å². The fraction of sp³-hybridized carbons (Fsp3) is 0.600. The lowest BCUT2D eigenvalue weighted by atomic mass is 9.81. The van der Waals surface area contributed by atoms with Gasteiger partial charge in [0, 0.05) is 19.6 Å². The zero-order valence-electron chi connectivity index (χ0n) is 11.4. The van der Waals surface area contributed by atoms with E-state index in [0.717, 1.165) is 5.56 Å². The third-order valence-electron chi connectivity index (χ3n) is 4.00. The van der Waals surface area contributed by atoms with E-state index in [9.17, 15) is 10.2 Å². The maximum Gasteiger partial charge on any atom is 0.0994 e. The van der Waals surface area contributed by atoms with Crippen LogP contribution in [-0.2, 0) is 5.60 Å². The molecule has 0 aromatic heterocycles. The fourth-order valence-corrected chi connectivity index (χ4v) is 2.53. The molecule has 1 saturated heterocycles. The quantitative estimate of drug-likeness (QED) is 0.852. The monoisotopic (exact) mass is 249 g/mol. The molecule has 0 bridgehead atoms. The van der Waals surface area contributed by atoms with Crippen LogP contribution in [0.5, 0.6) is 0 Å². The van der Waals surface area contributed by atoms with Crippen LogP contribution in [-0.4, -0.2) is 40.3 Å². The molecule has 0 amide bonds. The maximum atomic E-state index is 10.5. The molecule has 1 atom stereocenters. The van der Waals surface area contributed by atoms with Crippen molar-refractivity contribution in [3.8, 4) is 0 Å². The molecule has 1 aliphatic rings. The predicted molar refractivity (Wildman–Crippen MR) is 72.2 cm³/mol. The minimum atomic E-state index is -0.862. The summed E-state index contributed by atoms with van der Waals surface area (Å²) in [5.74, 6) is 0.260. The van der Waals surface area contributed by atoms with Gasteiger partial charge in [-0.05, 0) is 18.4 Å². The molecule has 1 unspecified atom stereocenters. The second kappa shape index (κ2) is 4.65. The van der Waals surface area contributed by atoms with Crippen molar-refractivity contribution in [2.45, 2.75) is 32.0 Å². The van der Waals surface area contributed by atoms with Gasteiger partial charge < -0.3 is 10.2 Å². The number of rotatable bonds is 4. The molecule has 0 aliphatic carbocycles. The number of hydrogen-bond acceptors (Lipinski definition) is 3. The summed E-state index contributed by atoms with van der Waals surface area (Å²) in [5, 5.41) is 20.7. The second-order valence-corrected chi connectivity index (χ2v) is 6.04. The molecule has 3 heteroatoms. The van der Waals surface area contributed by atoms with Crippen molar-refractivity contribution < 1.29 is 10.2 Å². The molecule has 1 aliphatic heterocycles. The first-order valence-electron chi connectivity index (χ1n) is 6.56. The smallest absolute Gasteiger partial charge is 0.0994 e. The minimum Gasteiger partial charge on any atom is -0.387 e. The van der Waals surface area contributed by atoms with E-state index in [1.807, 2.05) is 51.1 Å². The molecule has 3 nitrogen and oxygen atoms in total. The van der Waals surface area contributed by atoms with Crippen molar-refractivity contribution in [1.82, 2.24) is 4.90 Å². The van der Waals surface area contributed by atoms with Gasteiger partial charge in [0.25, 0.3) is 0 Å². The van der Waals surface area contributed by atoms with Crippen molar-refractivity contribution in [1.29, 1.82) is 0 Å². The van der Waals surface area contributed by atoms with E-state index < -0.39 is 11.2 Å². The first-order chi connectivity index (χ1) is 8.33. The van der Waals surface area contributed by atoms with E-state index in [4.69, 9.17) is 0 Å². The standard InChI is InChI=1S/C15H23NO2/c1-12(2)15(18)10-16(11-15)9-14(3,17)13-7-5-4-6-8-13/h4-8,12,17-18H,9-11H2,1-3H3. The van der Waals surface area contributed by atoms with E-state index in [2.05, 4.69) is 4.90 Å². The largest absolute Gasteiger partial charge is 0.387 e. The highest BCUT2D eigenvalue weighted by molar-refractivity contribution is 5.22. The SMILES string of the molecule is CC(C)C1(O)CN(CC(C)(O)c2ccccc2)C1. The topological polar surface area (TPSA) is 43.7 Å². The van der Waals surface area contributed by atoms with E-state index in [1.54, 1.807) is 0 Å². The number of β-amino-alcohol motifs (C(OH)–C–C–N with tert-alkyl or cyclic N) is 2. The second-order valence-electron chi connectivity index (χ2n) is 6.04.